The third kappa shape index (κ3) is 1.80. The van der Waals surface area contributed by atoms with E-state index in [0.717, 1.165) is 37.6 Å². The summed E-state index contributed by atoms with van der Waals surface area (Å²) < 4.78 is 5.29. The number of aromatic nitrogens is 1. The van der Waals surface area contributed by atoms with Crippen LogP contribution in [0, 0.1) is 6.92 Å². The first-order valence-electron chi connectivity index (χ1n) is 4.82. The van der Waals surface area contributed by atoms with Crippen LogP contribution < -0.4 is 10.6 Å². The van der Waals surface area contributed by atoms with E-state index in [2.05, 4.69) is 16.0 Å². The molecule has 1 aromatic heterocycles. The van der Waals surface area contributed by atoms with Gasteiger partial charge in [-0.25, -0.2) is 4.98 Å². The average Bonchev–Trinajstić information content (AvgIpc) is 2.23. The Morgan fingerprint density at radius 3 is 2.86 bits per heavy atom. The fourth-order valence-corrected chi connectivity index (χ4v) is 1.62. The van der Waals surface area contributed by atoms with Gasteiger partial charge in [-0.2, -0.15) is 0 Å². The van der Waals surface area contributed by atoms with Crippen molar-refractivity contribution in [1.82, 2.24) is 4.98 Å². The number of nitrogens with two attached hydrogens (primary N) is 1. The lowest BCUT2D eigenvalue weighted by Crippen LogP contribution is -2.36. The van der Waals surface area contributed by atoms with Gasteiger partial charge in [-0.3, -0.25) is 0 Å². The molecule has 2 heterocycles. The number of nitrogen functional groups attached to an aromatic ring is 1. The Morgan fingerprint density at radius 1 is 1.43 bits per heavy atom. The SMILES string of the molecule is Cc1cnc(N)c(N2CCOCC2)c1. The Bertz CT molecular complexity index is 321. The fraction of sp³-hybridized carbons (Fsp3) is 0.500. The second kappa shape index (κ2) is 3.84. The molecule has 0 atom stereocenters. The van der Waals surface area contributed by atoms with Crippen LogP contribution in [0.15, 0.2) is 12.3 Å². The summed E-state index contributed by atoms with van der Waals surface area (Å²) in [5.41, 5.74) is 8.00. The maximum Gasteiger partial charge on any atom is 0.146 e. The summed E-state index contributed by atoms with van der Waals surface area (Å²) >= 11 is 0. The molecule has 4 nitrogen and oxygen atoms in total. The monoisotopic (exact) mass is 193 g/mol. The van der Waals surface area contributed by atoms with Crippen LogP contribution in [0.3, 0.4) is 0 Å². The molecule has 0 unspecified atom stereocenters. The molecule has 2 N–H and O–H groups in total. The number of morpholine rings is 1. The van der Waals surface area contributed by atoms with Gasteiger partial charge in [0.15, 0.2) is 0 Å². The summed E-state index contributed by atoms with van der Waals surface area (Å²) in [7, 11) is 0. The van der Waals surface area contributed by atoms with E-state index < -0.39 is 0 Å². The van der Waals surface area contributed by atoms with Crippen LogP contribution in [0.25, 0.3) is 0 Å². The molecule has 1 aliphatic heterocycles. The van der Waals surface area contributed by atoms with Crippen LogP contribution in [-0.2, 0) is 4.74 Å². The van der Waals surface area contributed by atoms with Gasteiger partial charge in [0, 0.05) is 19.3 Å². The van der Waals surface area contributed by atoms with Crippen molar-refractivity contribution in [3.8, 4) is 0 Å². The summed E-state index contributed by atoms with van der Waals surface area (Å²) in [5.74, 6) is 0.609. The molecule has 2 rings (SSSR count). The number of rotatable bonds is 1. The van der Waals surface area contributed by atoms with Crippen molar-refractivity contribution in [2.75, 3.05) is 36.9 Å². The number of pyridine rings is 1. The number of nitrogens with zero attached hydrogens (tertiary/aromatic N) is 2. The van der Waals surface area contributed by atoms with Crippen molar-refractivity contribution in [2.24, 2.45) is 0 Å². The lowest BCUT2D eigenvalue weighted by molar-refractivity contribution is 0.122. The van der Waals surface area contributed by atoms with E-state index >= 15 is 0 Å². The maximum absolute atomic E-state index is 5.83. The molecule has 4 heteroatoms. The molecule has 76 valence electrons. The molecule has 0 aromatic carbocycles. The van der Waals surface area contributed by atoms with Gasteiger partial charge in [0.05, 0.1) is 18.9 Å². The Morgan fingerprint density at radius 2 is 2.14 bits per heavy atom. The number of anilines is 2. The van der Waals surface area contributed by atoms with Crippen LogP contribution in [0.4, 0.5) is 11.5 Å². The second-order valence-electron chi connectivity index (χ2n) is 3.52. The topological polar surface area (TPSA) is 51.4 Å². The van der Waals surface area contributed by atoms with Crippen molar-refractivity contribution in [3.05, 3.63) is 17.8 Å². The largest absolute Gasteiger partial charge is 0.382 e. The van der Waals surface area contributed by atoms with E-state index in [1.165, 1.54) is 0 Å². The lowest BCUT2D eigenvalue weighted by atomic mass is 10.2. The van der Waals surface area contributed by atoms with Crippen molar-refractivity contribution in [2.45, 2.75) is 6.92 Å². The van der Waals surface area contributed by atoms with Gasteiger partial charge >= 0.3 is 0 Å². The second-order valence-corrected chi connectivity index (χ2v) is 3.52. The summed E-state index contributed by atoms with van der Waals surface area (Å²) in [5, 5.41) is 0. The number of ether oxygens (including phenoxy) is 1. The van der Waals surface area contributed by atoms with Gasteiger partial charge in [0.25, 0.3) is 0 Å². The standard InChI is InChI=1S/C10H15N3O/c1-8-6-9(10(11)12-7-8)13-2-4-14-5-3-13/h6-7H,2-5H2,1H3,(H2,11,12). The van der Waals surface area contributed by atoms with Crippen molar-refractivity contribution < 1.29 is 4.74 Å². The first-order valence-corrected chi connectivity index (χ1v) is 4.82. The Balaban J connectivity index is 2.24. The number of hydrogen-bond donors (Lipinski definition) is 1. The molecule has 0 amide bonds. The van der Waals surface area contributed by atoms with Crippen LogP contribution in [0.1, 0.15) is 5.56 Å². The third-order valence-corrected chi connectivity index (χ3v) is 2.39. The Hall–Kier alpha value is -1.29. The third-order valence-electron chi connectivity index (χ3n) is 2.39. The fourth-order valence-electron chi connectivity index (χ4n) is 1.62. The molecule has 1 aliphatic rings. The first kappa shape index (κ1) is 9.27. The van der Waals surface area contributed by atoms with Gasteiger partial charge in [0.1, 0.15) is 5.82 Å². The molecule has 1 aromatic rings. The molecule has 1 fully saturated rings. The smallest absolute Gasteiger partial charge is 0.146 e. The molecule has 0 radical (unpaired) electrons. The highest BCUT2D eigenvalue weighted by atomic mass is 16.5. The molecule has 1 saturated heterocycles. The van der Waals surface area contributed by atoms with Gasteiger partial charge < -0.3 is 15.4 Å². The van der Waals surface area contributed by atoms with E-state index in [4.69, 9.17) is 10.5 Å². The van der Waals surface area contributed by atoms with Gasteiger partial charge in [-0.15, -0.1) is 0 Å². The van der Waals surface area contributed by atoms with Crippen LogP contribution in [0.5, 0.6) is 0 Å². The van der Waals surface area contributed by atoms with Gasteiger partial charge in [-0.05, 0) is 18.6 Å². The number of hydrogen-bond acceptors (Lipinski definition) is 4. The summed E-state index contributed by atoms with van der Waals surface area (Å²) in [6.45, 7) is 5.36. The van der Waals surface area contributed by atoms with Crippen LogP contribution >= 0.6 is 0 Å². The molecule has 0 saturated carbocycles. The highest BCUT2D eigenvalue weighted by Crippen LogP contribution is 2.22. The Kier molecular flexibility index (Phi) is 2.54. The molecule has 0 spiro atoms. The van der Waals surface area contributed by atoms with Gasteiger partial charge in [0.2, 0.25) is 0 Å². The van der Waals surface area contributed by atoms with E-state index in [0.29, 0.717) is 5.82 Å². The summed E-state index contributed by atoms with van der Waals surface area (Å²) in [4.78, 5) is 6.37. The van der Waals surface area contributed by atoms with E-state index in [-0.39, 0.29) is 0 Å². The Labute approximate surface area is 83.7 Å². The molecular weight excluding hydrogens is 178 g/mol. The van der Waals surface area contributed by atoms with Crippen molar-refractivity contribution in [1.29, 1.82) is 0 Å². The molecule has 0 aliphatic carbocycles. The molecule has 14 heavy (non-hydrogen) atoms. The van der Waals surface area contributed by atoms with E-state index in [1.807, 2.05) is 6.92 Å². The minimum absolute atomic E-state index is 0.609. The minimum atomic E-state index is 0.609. The van der Waals surface area contributed by atoms with E-state index in [1.54, 1.807) is 6.20 Å². The van der Waals surface area contributed by atoms with Gasteiger partial charge in [-0.1, -0.05) is 0 Å². The zero-order valence-electron chi connectivity index (χ0n) is 8.36. The zero-order chi connectivity index (χ0) is 9.97. The zero-order valence-corrected chi connectivity index (χ0v) is 8.36. The maximum atomic E-state index is 5.83. The predicted octanol–water partition coefficient (Wildman–Crippen LogP) is 0.809. The highest BCUT2D eigenvalue weighted by Gasteiger charge is 2.14. The van der Waals surface area contributed by atoms with E-state index in [9.17, 15) is 0 Å². The highest BCUT2D eigenvalue weighted by molar-refractivity contribution is 5.64. The molecular formula is C10H15N3O. The average molecular weight is 193 g/mol. The normalized spacial score (nSPS) is 17.1. The summed E-state index contributed by atoms with van der Waals surface area (Å²) in [6.07, 6.45) is 1.79. The first-order chi connectivity index (χ1) is 6.77. The van der Waals surface area contributed by atoms with Crippen molar-refractivity contribution in [3.63, 3.8) is 0 Å². The number of aryl methyl sites for hydroxylation is 1. The minimum Gasteiger partial charge on any atom is -0.382 e. The molecule has 0 bridgehead atoms. The lowest BCUT2D eigenvalue weighted by Gasteiger charge is -2.29. The summed E-state index contributed by atoms with van der Waals surface area (Å²) in [6, 6.07) is 2.08. The van der Waals surface area contributed by atoms with Crippen LogP contribution in [0.2, 0.25) is 0 Å². The quantitative estimate of drug-likeness (QED) is 0.717. The van der Waals surface area contributed by atoms with Crippen molar-refractivity contribution >= 4 is 11.5 Å². The predicted molar refractivity (Wildman–Crippen MR) is 56.4 cm³/mol. The van der Waals surface area contributed by atoms with Crippen LogP contribution in [-0.4, -0.2) is 31.3 Å².